The highest BCUT2D eigenvalue weighted by Crippen LogP contribution is 2.11. The molecule has 1 aromatic rings. The number of nitrogens with zero attached hydrogens (tertiary/aromatic N) is 1. The van der Waals surface area contributed by atoms with E-state index in [2.05, 4.69) is 36.4 Å². The largest absolute Gasteiger partial charge is 0.379 e. The summed E-state index contributed by atoms with van der Waals surface area (Å²) < 4.78 is 5.45. The van der Waals surface area contributed by atoms with Crippen molar-refractivity contribution < 1.29 is 9.53 Å². The zero-order valence-electron chi connectivity index (χ0n) is 13.5. The van der Waals surface area contributed by atoms with Gasteiger partial charge in [-0.05, 0) is 24.5 Å². The van der Waals surface area contributed by atoms with Gasteiger partial charge in [-0.1, -0.05) is 27.2 Å². The monoisotopic (exact) mass is 293 g/mol. The standard InChI is InChI=1S/C16H27N3O2/c1-5-6-14-9-13(10-15(17-4)19-14)16(20)18-7-8-21-11-12(2)3/h9-10,12H,5-8,11H2,1-4H3,(H,17,19)(H,18,20). The van der Waals surface area contributed by atoms with Crippen LogP contribution in [-0.4, -0.2) is 37.7 Å². The number of hydrogen-bond donors (Lipinski definition) is 2. The van der Waals surface area contributed by atoms with E-state index in [1.54, 1.807) is 13.1 Å². The van der Waals surface area contributed by atoms with E-state index < -0.39 is 0 Å². The molecule has 0 spiro atoms. The smallest absolute Gasteiger partial charge is 0.251 e. The fourth-order valence-electron chi connectivity index (χ4n) is 1.89. The molecule has 0 fully saturated rings. The molecule has 0 bridgehead atoms. The molecule has 0 radical (unpaired) electrons. The Hall–Kier alpha value is -1.62. The number of ether oxygens (including phenoxy) is 1. The Morgan fingerprint density at radius 2 is 2.14 bits per heavy atom. The summed E-state index contributed by atoms with van der Waals surface area (Å²) in [5.41, 5.74) is 1.58. The SMILES string of the molecule is CCCc1cc(C(=O)NCCOCC(C)C)cc(NC)n1. The minimum atomic E-state index is -0.0839. The lowest BCUT2D eigenvalue weighted by Crippen LogP contribution is -2.28. The average molecular weight is 293 g/mol. The van der Waals surface area contributed by atoms with Crippen molar-refractivity contribution in [2.24, 2.45) is 5.92 Å². The van der Waals surface area contributed by atoms with Gasteiger partial charge in [0.25, 0.3) is 5.91 Å². The van der Waals surface area contributed by atoms with E-state index in [-0.39, 0.29) is 5.91 Å². The maximum Gasteiger partial charge on any atom is 0.251 e. The molecule has 21 heavy (non-hydrogen) atoms. The second-order valence-electron chi connectivity index (χ2n) is 5.46. The van der Waals surface area contributed by atoms with Crippen LogP contribution in [0.3, 0.4) is 0 Å². The van der Waals surface area contributed by atoms with E-state index in [0.29, 0.717) is 24.6 Å². The van der Waals surface area contributed by atoms with Crippen molar-refractivity contribution in [2.45, 2.75) is 33.6 Å². The van der Waals surface area contributed by atoms with Crippen molar-refractivity contribution in [2.75, 3.05) is 32.1 Å². The maximum absolute atomic E-state index is 12.1. The molecule has 0 unspecified atom stereocenters. The quantitative estimate of drug-likeness (QED) is 0.687. The predicted molar refractivity (Wildman–Crippen MR) is 85.8 cm³/mol. The average Bonchev–Trinajstić information content (AvgIpc) is 2.46. The summed E-state index contributed by atoms with van der Waals surface area (Å²) in [6, 6.07) is 3.62. The fourth-order valence-corrected chi connectivity index (χ4v) is 1.89. The van der Waals surface area contributed by atoms with Gasteiger partial charge in [0.15, 0.2) is 0 Å². The van der Waals surface area contributed by atoms with Crippen molar-refractivity contribution in [3.8, 4) is 0 Å². The van der Waals surface area contributed by atoms with Crippen molar-refractivity contribution in [1.82, 2.24) is 10.3 Å². The Labute approximate surface area is 127 Å². The van der Waals surface area contributed by atoms with E-state index in [1.807, 2.05) is 6.07 Å². The molecular formula is C16H27N3O2. The molecule has 1 aromatic heterocycles. The van der Waals surface area contributed by atoms with Gasteiger partial charge >= 0.3 is 0 Å². The number of anilines is 1. The summed E-state index contributed by atoms with van der Waals surface area (Å²) in [6.45, 7) is 8.07. The number of carbonyl (C=O) groups is 1. The lowest BCUT2D eigenvalue weighted by Gasteiger charge is -2.10. The highest BCUT2D eigenvalue weighted by Gasteiger charge is 2.09. The number of nitrogens with one attached hydrogen (secondary N) is 2. The van der Waals surface area contributed by atoms with Crippen molar-refractivity contribution in [3.05, 3.63) is 23.4 Å². The first-order valence-corrected chi connectivity index (χ1v) is 7.61. The maximum atomic E-state index is 12.1. The lowest BCUT2D eigenvalue weighted by atomic mass is 10.1. The first-order valence-electron chi connectivity index (χ1n) is 7.61. The molecule has 1 heterocycles. The molecule has 118 valence electrons. The van der Waals surface area contributed by atoms with Crippen LogP contribution in [-0.2, 0) is 11.2 Å². The first kappa shape index (κ1) is 17.4. The molecule has 0 aliphatic rings. The first-order chi connectivity index (χ1) is 10.1. The van der Waals surface area contributed by atoms with Gasteiger partial charge in [-0.3, -0.25) is 4.79 Å². The molecule has 0 aromatic carbocycles. The third kappa shape index (κ3) is 6.58. The van der Waals surface area contributed by atoms with Gasteiger partial charge in [-0.25, -0.2) is 4.98 Å². The number of aromatic nitrogens is 1. The zero-order chi connectivity index (χ0) is 15.7. The fraction of sp³-hybridized carbons (Fsp3) is 0.625. The Bertz CT molecular complexity index is 447. The summed E-state index contributed by atoms with van der Waals surface area (Å²) in [7, 11) is 1.81. The van der Waals surface area contributed by atoms with Crippen LogP contribution < -0.4 is 10.6 Å². The van der Waals surface area contributed by atoms with E-state index in [9.17, 15) is 4.79 Å². The van der Waals surface area contributed by atoms with Crippen LogP contribution in [0.15, 0.2) is 12.1 Å². The number of rotatable bonds is 9. The highest BCUT2D eigenvalue weighted by molar-refractivity contribution is 5.95. The molecule has 5 nitrogen and oxygen atoms in total. The number of hydrogen-bond acceptors (Lipinski definition) is 4. The molecule has 1 amide bonds. The molecule has 5 heteroatoms. The van der Waals surface area contributed by atoms with E-state index >= 15 is 0 Å². The van der Waals surface area contributed by atoms with Gasteiger partial charge in [-0.15, -0.1) is 0 Å². The Morgan fingerprint density at radius 3 is 2.76 bits per heavy atom. The number of aryl methyl sites for hydroxylation is 1. The minimum absolute atomic E-state index is 0.0839. The van der Waals surface area contributed by atoms with Crippen LogP contribution >= 0.6 is 0 Å². The normalized spacial score (nSPS) is 10.7. The summed E-state index contributed by atoms with van der Waals surface area (Å²) in [6.07, 6.45) is 1.87. The van der Waals surface area contributed by atoms with Gasteiger partial charge in [0.2, 0.25) is 0 Å². The molecule has 0 saturated heterocycles. The van der Waals surface area contributed by atoms with Crippen molar-refractivity contribution in [1.29, 1.82) is 0 Å². The van der Waals surface area contributed by atoms with Crippen LogP contribution in [0.2, 0.25) is 0 Å². The van der Waals surface area contributed by atoms with Crippen LogP contribution in [0.5, 0.6) is 0 Å². The second-order valence-corrected chi connectivity index (χ2v) is 5.46. The molecular weight excluding hydrogens is 266 g/mol. The van der Waals surface area contributed by atoms with Gasteiger partial charge in [0.1, 0.15) is 5.82 Å². The second kappa shape index (κ2) is 9.34. The number of pyridine rings is 1. The zero-order valence-corrected chi connectivity index (χ0v) is 13.5. The van der Waals surface area contributed by atoms with Crippen LogP contribution in [0.25, 0.3) is 0 Å². The van der Waals surface area contributed by atoms with E-state index in [1.165, 1.54) is 0 Å². The minimum Gasteiger partial charge on any atom is -0.379 e. The van der Waals surface area contributed by atoms with Crippen molar-refractivity contribution in [3.63, 3.8) is 0 Å². The Morgan fingerprint density at radius 1 is 1.38 bits per heavy atom. The van der Waals surface area contributed by atoms with Crippen molar-refractivity contribution >= 4 is 11.7 Å². The van der Waals surface area contributed by atoms with Crippen LogP contribution in [0, 0.1) is 5.92 Å². The molecule has 0 aliphatic heterocycles. The highest BCUT2D eigenvalue weighted by atomic mass is 16.5. The van der Waals surface area contributed by atoms with Gasteiger partial charge in [0, 0.05) is 31.5 Å². The molecule has 2 N–H and O–H groups in total. The Kier molecular flexibility index (Phi) is 7.75. The molecule has 1 rings (SSSR count). The lowest BCUT2D eigenvalue weighted by molar-refractivity contribution is 0.0886. The van der Waals surface area contributed by atoms with Gasteiger partial charge < -0.3 is 15.4 Å². The third-order valence-electron chi connectivity index (χ3n) is 2.89. The third-order valence-corrected chi connectivity index (χ3v) is 2.89. The summed E-state index contributed by atoms with van der Waals surface area (Å²) in [4.78, 5) is 16.6. The molecule has 0 saturated carbocycles. The number of amides is 1. The summed E-state index contributed by atoms with van der Waals surface area (Å²) >= 11 is 0. The Balaban J connectivity index is 2.54. The van der Waals surface area contributed by atoms with E-state index in [0.717, 1.165) is 31.0 Å². The van der Waals surface area contributed by atoms with Gasteiger partial charge in [0.05, 0.1) is 6.61 Å². The van der Waals surface area contributed by atoms with Crippen LogP contribution in [0.4, 0.5) is 5.82 Å². The predicted octanol–water partition coefficient (Wildman–Crippen LogP) is 2.48. The summed E-state index contributed by atoms with van der Waals surface area (Å²) in [5.74, 6) is 1.15. The molecule has 0 aliphatic carbocycles. The van der Waals surface area contributed by atoms with E-state index in [4.69, 9.17) is 4.74 Å². The molecule has 0 atom stereocenters. The topological polar surface area (TPSA) is 63.2 Å². The summed E-state index contributed by atoms with van der Waals surface area (Å²) in [5, 5.41) is 5.87. The van der Waals surface area contributed by atoms with Gasteiger partial charge in [-0.2, -0.15) is 0 Å². The number of carbonyl (C=O) groups excluding carboxylic acids is 1. The van der Waals surface area contributed by atoms with Crippen LogP contribution in [0.1, 0.15) is 43.2 Å².